The van der Waals surface area contributed by atoms with Crippen LogP contribution in [0.25, 0.3) is 0 Å². The SMILES string of the molecule is CCOc1ccccc1CNC(=NC)NCCc1cccs1.I. The van der Waals surface area contributed by atoms with E-state index in [-0.39, 0.29) is 24.0 Å². The number of nitrogens with one attached hydrogen (secondary N) is 2. The van der Waals surface area contributed by atoms with Crippen molar-refractivity contribution < 1.29 is 4.74 Å². The van der Waals surface area contributed by atoms with E-state index < -0.39 is 0 Å². The molecule has 2 aromatic rings. The van der Waals surface area contributed by atoms with E-state index in [2.05, 4.69) is 39.2 Å². The second-order valence-electron chi connectivity index (χ2n) is 4.72. The van der Waals surface area contributed by atoms with Crippen molar-refractivity contribution in [2.75, 3.05) is 20.2 Å². The molecule has 2 rings (SSSR count). The molecule has 0 aliphatic carbocycles. The van der Waals surface area contributed by atoms with Gasteiger partial charge in [0, 0.05) is 30.6 Å². The maximum Gasteiger partial charge on any atom is 0.191 e. The molecule has 0 radical (unpaired) electrons. The number of para-hydroxylation sites is 1. The maximum absolute atomic E-state index is 5.63. The van der Waals surface area contributed by atoms with Crippen LogP contribution in [0.5, 0.6) is 5.75 Å². The molecule has 126 valence electrons. The molecule has 0 aliphatic heterocycles. The smallest absolute Gasteiger partial charge is 0.191 e. The molecule has 0 spiro atoms. The fourth-order valence-electron chi connectivity index (χ4n) is 2.10. The molecular formula is C17H24IN3OS. The number of halogens is 1. The Morgan fingerprint density at radius 3 is 2.70 bits per heavy atom. The Balaban J connectivity index is 0.00000264. The first kappa shape index (κ1) is 19.8. The second kappa shape index (κ2) is 11.3. The zero-order valence-corrected chi connectivity index (χ0v) is 16.7. The van der Waals surface area contributed by atoms with E-state index in [0.29, 0.717) is 13.2 Å². The lowest BCUT2D eigenvalue weighted by Crippen LogP contribution is -2.37. The molecule has 0 aliphatic rings. The lowest BCUT2D eigenvalue weighted by atomic mass is 10.2. The summed E-state index contributed by atoms with van der Waals surface area (Å²) in [5.41, 5.74) is 1.13. The number of aliphatic imine (C=N–C) groups is 1. The van der Waals surface area contributed by atoms with Crippen molar-refractivity contribution in [3.8, 4) is 5.75 Å². The molecule has 1 aromatic heterocycles. The molecule has 0 atom stereocenters. The monoisotopic (exact) mass is 445 g/mol. The molecule has 0 bridgehead atoms. The summed E-state index contributed by atoms with van der Waals surface area (Å²) in [5, 5.41) is 8.77. The summed E-state index contributed by atoms with van der Waals surface area (Å²) >= 11 is 1.78. The van der Waals surface area contributed by atoms with E-state index in [4.69, 9.17) is 4.74 Å². The minimum Gasteiger partial charge on any atom is -0.494 e. The summed E-state index contributed by atoms with van der Waals surface area (Å²) in [6.07, 6.45) is 1.01. The van der Waals surface area contributed by atoms with Gasteiger partial charge in [0.1, 0.15) is 5.75 Å². The number of guanidine groups is 1. The van der Waals surface area contributed by atoms with Crippen molar-refractivity contribution in [3.63, 3.8) is 0 Å². The second-order valence-corrected chi connectivity index (χ2v) is 5.75. The highest BCUT2D eigenvalue weighted by Gasteiger charge is 2.04. The number of thiophene rings is 1. The van der Waals surface area contributed by atoms with Crippen LogP contribution in [0.2, 0.25) is 0 Å². The number of rotatable bonds is 7. The third-order valence-corrected chi connectivity index (χ3v) is 4.12. The van der Waals surface area contributed by atoms with Crippen molar-refractivity contribution in [2.45, 2.75) is 19.9 Å². The highest BCUT2D eigenvalue weighted by molar-refractivity contribution is 14.0. The van der Waals surface area contributed by atoms with Gasteiger partial charge < -0.3 is 15.4 Å². The van der Waals surface area contributed by atoms with Crippen molar-refractivity contribution in [1.82, 2.24) is 10.6 Å². The Labute approximate surface area is 159 Å². The zero-order chi connectivity index (χ0) is 15.6. The van der Waals surface area contributed by atoms with Gasteiger partial charge in [0.05, 0.1) is 6.61 Å². The minimum atomic E-state index is 0. The summed E-state index contributed by atoms with van der Waals surface area (Å²) in [6, 6.07) is 12.3. The van der Waals surface area contributed by atoms with Crippen LogP contribution in [0.15, 0.2) is 46.8 Å². The van der Waals surface area contributed by atoms with Crippen molar-refractivity contribution in [1.29, 1.82) is 0 Å². The van der Waals surface area contributed by atoms with Crippen LogP contribution in [0.3, 0.4) is 0 Å². The number of hydrogen-bond acceptors (Lipinski definition) is 3. The summed E-state index contributed by atoms with van der Waals surface area (Å²) in [5.74, 6) is 1.73. The van der Waals surface area contributed by atoms with Gasteiger partial charge in [-0.3, -0.25) is 4.99 Å². The molecule has 1 aromatic carbocycles. The van der Waals surface area contributed by atoms with E-state index in [1.807, 2.05) is 25.1 Å². The molecule has 0 unspecified atom stereocenters. The molecule has 2 N–H and O–H groups in total. The molecule has 23 heavy (non-hydrogen) atoms. The molecule has 6 heteroatoms. The molecule has 0 fully saturated rings. The van der Waals surface area contributed by atoms with Crippen molar-refractivity contribution in [3.05, 3.63) is 52.2 Å². The summed E-state index contributed by atoms with van der Waals surface area (Å²) in [6.45, 7) is 4.22. The fraction of sp³-hybridized carbons (Fsp3) is 0.353. The van der Waals surface area contributed by atoms with Gasteiger partial charge in [-0.1, -0.05) is 24.3 Å². The van der Waals surface area contributed by atoms with Crippen LogP contribution in [0, 0.1) is 0 Å². The average Bonchev–Trinajstić information content (AvgIpc) is 3.05. The largest absolute Gasteiger partial charge is 0.494 e. The quantitative estimate of drug-likeness (QED) is 0.389. The van der Waals surface area contributed by atoms with E-state index in [1.165, 1.54) is 4.88 Å². The highest BCUT2D eigenvalue weighted by Crippen LogP contribution is 2.17. The van der Waals surface area contributed by atoms with Crippen molar-refractivity contribution >= 4 is 41.3 Å². The van der Waals surface area contributed by atoms with Crippen LogP contribution in [0.1, 0.15) is 17.4 Å². The Kier molecular flexibility index (Phi) is 9.70. The van der Waals surface area contributed by atoms with E-state index in [9.17, 15) is 0 Å². The van der Waals surface area contributed by atoms with Crippen LogP contribution < -0.4 is 15.4 Å². The lowest BCUT2D eigenvalue weighted by Gasteiger charge is -2.14. The maximum atomic E-state index is 5.63. The summed E-state index contributed by atoms with van der Waals surface area (Å²) in [7, 11) is 1.79. The number of hydrogen-bond donors (Lipinski definition) is 2. The average molecular weight is 445 g/mol. The third-order valence-electron chi connectivity index (χ3n) is 3.19. The Bertz CT molecular complexity index is 587. The van der Waals surface area contributed by atoms with Gasteiger partial charge in [0.25, 0.3) is 0 Å². The first-order valence-electron chi connectivity index (χ1n) is 7.51. The van der Waals surface area contributed by atoms with Gasteiger partial charge in [-0.25, -0.2) is 0 Å². The standard InChI is InChI=1S/C17H23N3OS.HI/c1-3-21-16-9-5-4-7-14(16)13-20-17(18-2)19-11-10-15-8-6-12-22-15;/h4-9,12H,3,10-11,13H2,1-2H3,(H2,18,19,20);1H. The predicted octanol–water partition coefficient (Wildman–Crippen LogP) is 3.67. The first-order chi connectivity index (χ1) is 10.8. The molecule has 0 amide bonds. The summed E-state index contributed by atoms with van der Waals surface area (Å²) < 4.78 is 5.63. The number of ether oxygens (including phenoxy) is 1. The molecule has 0 saturated heterocycles. The van der Waals surface area contributed by atoms with Crippen LogP contribution in [-0.4, -0.2) is 26.2 Å². The van der Waals surface area contributed by atoms with Gasteiger partial charge in [-0.2, -0.15) is 0 Å². The topological polar surface area (TPSA) is 45.6 Å². The van der Waals surface area contributed by atoms with Crippen LogP contribution >= 0.6 is 35.3 Å². The number of nitrogens with zero attached hydrogens (tertiary/aromatic N) is 1. The van der Waals surface area contributed by atoms with Gasteiger partial charge in [-0.05, 0) is 30.9 Å². The van der Waals surface area contributed by atoms with E-state index in [1.54, 1.807) is 18.4 Å². The Morgan fingerprint density at radius 2 is 2.00 bits per heavy atom. The van der Waals surface area contributed by atoms with Crippen LogP contribution in [0.4, 0.5) is 0 Å². The first-order valence-corrected chi connectivity index (χ1v) is 8.39. The predicted molar refractivity (Wildman–Crippen MR) is 109 cm³/mol. The lowest BCUT2D eigenvalue weighted by molar-refractivity contribution is 0.336. The number of benzene rings is 1. The van der Waals surface area contributed by atoms with E-state index >= 15 is 0 Å². The normalized spacial score (nSPS) is 10.8. The summed E-state index contributed by atoms with van der Waals surface area (Å²) in [4.78, 5) is 5.63. The highest BCUT2D eigenvalue weighted by atomic mass is 127. The molecular weight excluding hydrogens is 421 g/mol. The van der Waals surface area contributed by atoms with Gasteiger partial charge in [0.2, 0.25) is 0 Å². The molecule has 1 heterocycles. The third kappa shape index (κ3) is 6.78. The van der Waals surface area contributed by atoms with Gasteiger partial charge >= 0.3 is 0 Å². The minimum absolute atomic E-state index is 0. The zero-order valence-electron chi connectivity index (χ0n) is 13.5. The molecule has 4 nitrogen and oxygen atoms in total. The van der Waals surface area contributed by atoms with Gasteiger partial charge in [0.15, 0.2) is 5.96 Å². The van der Waals surface area contributed by atoms with Crippen LogP contribution in [-0.2, 0) is 13.0 Å². The fourth-order valence-corrected chi connectivity index (χ4v) is 2.81. The van der Waals surface area contributed by atoms with Gasteiger partial charge in [-0.15, -0.1) is 35.3 Å². The molecule has 0 saturated carbocycles. The Hall–Kier alpha value is -1.28. The van der Waals surface area contributed by atoms with E-state index in [0.717, 1.165) is 30.2 Å². The Morgan fingerprint density at radius 1 is 1.17 bits per heavy atom. The van der Waals surface area contributed by atoms with Crippen molar-refractivity contribution in [2.24, 2.45) is 4.99 Å².